The van der Waals surface area contributed by atoms with Crippen LogP contribution in [0, 0.1) is 0 Å². The first kappa shape index (κ1) is 13.7. The van der Waals surface area contributed by atoms with Crippen molar-refractivity contribution in [3.05, 3.63) is 34.9 Å². The number of halogens is 1. The summed E-state index contributed by atoms with van der Waals surface area (Å²) in [5.74, 6) is -0.934. The Hall–Kier alpha value is -1.24. The molecule has 2 aliphatic heterocycles. The van der Waals surface area contributed by atoms with Gasteiger partial charge in [-0.05, 0) is 12.1 Å². The van der Waals surface area contributed by atoms with Crippen molar-refractivity contribution in [2.45, 2.75) is 17.4 Å². The van der Waals surface area contributed by atoms with Crippen LogP contribution in [0.4, 0.5) is 0 Å². The Morgan fingerprint density at radius 1 is 1.50 bits per heavy atom. The number of carbonyl (C=O) groups is 1. The molecule has 1 fully saturated rings. The predicted octanol–water partition coefficient (Wildman–Crippen LogP) is 1.75. The van der Waals surface area contributed by atoms with Crippen molar-refractivity contribution in [1.29, 1.82) is 0 Å². The summed E-state index contributed by atoms with van der Waals surface area (Å²) < 4.78 is 0. The minimum atomic E-state index is -1.34. The summed E-state index contributed by atoms with van der Waals surface area (Å²) in [5, 5.41) is 21.0. The molecule has 2 unspecified atom stereocenters. The largest absolute Gasteiger partial charge is 0.481 e. The van der Waals surface area contributed by atoms with Gasteiger partial charge in [0.05, 0.1) is 18.2 Å². The van der Waals surface area contributed by atoms with Gasteiger partial charge in [-0.25, -0.2) is 0 Å². The van der Waals surface area contributed by atoms with E-state index < -0.39 is 16.9 Å². The zero-order valence-corrected chi connectivity index (χ0v) is 12.1. The molecular formula is C13H13ClN2O3S. The Morgan fingerprint density at radius 3 is 2.85 bits per heavy atom. The van der Waals surface area contributed by atoms with Gasteiger partial charge >= 0.3 is 5.97 Å². The van der Waals surface area contributed by atoms with Gasteiger partial charge in [-0.3, -0.25) is 9.79 Å². The van der Waals surface area contributed by atoms with E-state index in [0.717, 1.165) is 0 Å². The summed E-state index contributed by atoms with van der Waals surface area (Å²) in [6.07, 6.45) is -0.126. The van der Waals surface area contributed by atoms with Crippen LogP contribution in [0.1, 0.15) is 12.0 Å². The van der Waals surface area contributed by atoms with E-state index in [9.17, 15) is 9.90 Å². The van der Waals surface area contributed by atoms with Crippen molar-refractivity contribution in [2.75, 3.05) is 13.1 Å². The quantitative estimate of drug-likeness (QED) is 0.889. The van der Waals surface area contributed by atoms with Gasteiger partial charge in [-0.1, -0.05) is 35.5 Å². The lowest BCUT2D eigenvalue weighted by molar-refractivity contribution is -0.140. The van der Waals surface area contributed by atoms with Crippen molar-refractivity contribution < 1.29 is 15.0 Å². The molecule has 0 aromatic heterocycles. The molecule has 0 radical (unpaired) electrons. The van der Waals surface area contributed by atoms with Crippen molar-refractivity contribution in [1.82, 2.24) is 4.90 Å². The van der Waals surface area contributed by atoms with Gasteiger partial charge in [0.1, 0.15) is 0 Å². The van der Waals surface area contributed by atoms with Crippen molar-refractivity contribution in [3.8, 4) is 0 Å². The summed E-state index contributed by atoms with van der Waals surface area (Å²) in [5.41, 5.74) is -0.698. The van der Waals surface area contributed by atoms with Crippen LogP contribution in [0.3, 0.4) is 0 Å². The summed E-state index contributed by atoms with van der Waals surface area (Å²) in [7, 11) is 0. The Kier molecular flexibility index (Phi) is 3.40. The molecule has 2 aliphatic rings. The zero-order chi connectivity index (χ0) is 14.3. The first-order valence-electron chi connectivity index (χ1n) is 6.21. The van der Waals surface area contributed by atoms with Gasteiger partial charge in [-0.2, -0.15) is 0 Å². The van der Waals surface area contributed by atoms with Crippen LogP contribution in [0.25, 0.3) is 0 Å². The maximum Gasteiger partial charge on any atom is 0.304 e. The molecular weight excluding hydrogens is 300 g/mol. The van der Waals surface area contributed by atoms with E-state index in [2.05, 4.69) is 4.99 Å². The lowest BCUT2D eigenvalue weighted by Crippen LogP contribution is -2.48. The van der Waals surface area contributed by atoms with Crippen LogP contribution in [-0.2, 0) is 10.5 Å². The first-order valence-corrected chi connectivity index (χ1v) is 7.46. The van der Waals surface area contributed by atoms with E-state index in [1.165, 1.54) is 11.8 Å². The molecule has 0 saturated carbocycles. The summed E-state index contributed by atoms with van der Waals surface area (Å²) in [6.45, 7) is 1.22. The molecule has 1 aromatic rings. The van der Waals surface area contributed by atoms with E-state index in [1.807, 2.05) is 0 Å². The molecule has 3 rings (SSSR count). The molecule has 5 nitrogen and oxygen atoms in total. The number of amidine groups is 1. The molecule has 0 amide bonds. The predicted molar refractivity (Wildman–Crippen MR) is 78.0 cm³/mol. The second-order valence-corrected chi connectivity index (χ2v) is 6.36. The highest BCUT2D eigenvalue weighted by Gasteiger charge is 2.54. The van der Waals surface area contributed by atoms with Crippen LogP contribution in [0.15, 0.2) is 29.3 Å². The minimum Gasteiger partial charge on any atom is -0.481 e. The molecule has 0 bridgehead atoms. The van der Waals surface area contributed by atoms with Gasteiger partial charge < -0.3 is 15.1 Å². The summed E-state index contributed by atoms with van der Waals surface area (Å²) in [4.78, 5) is 17.2. The van der Waals surface area contributed by atoms with E-state index in [-0.39, 0.29) is 6.42 Å². The van der Waals surface area contributed by atoms with Gasteiger partial charge in [0, 0.05) is 17.1 Å². The normalized spacial score (nSPS) is 28.4. The Morgan fingerprint density at radius 2 is 2.20 bits per heavy atom. The summed E-state index contributed by atoms with van der Waals surface area (Å²) in [6, 6.07) is 6.86. The average molecular weight is 313 g/mol. The number of benzene rings is 1. The molecule has 20 heavy (non-hydrogen) atoms. The first-order chi connectivity index (χ1) is 9.51. The van der Waals surface area contributed by atoms with Crippen molar-refractivity contribution in [3.63, 3.8) is 0 Å². The monoisotopic (exact) mass is 312 g/mol. The number of aliphatic hydroxyl groups is 1. The van der Waals surface area contributed by atoms with Crippen LogP contribution in [-0.4, -0.2) is 44.6 Å². The van der Waals surface area contributed by atoms with Gasteiger partial charge in [-0.15, -0.1) is 0 Å². The third-order valence-electron chi connectivity index (χ3n) is 3.54. The second kappa shape index (κ2) is 4.95. The fourth-order valence-electron chi connectivity index (χ4n) is 2.61. The van der Waals surface area contributed by atoms with Crippen LogP contribution in [0.5, 0.6) is 0 Å². The molecule has 0 spiro atoms. The number of nitrogens with zero attached hydrogens (tertiary/aromatic N) is 2. The Balaban J connectivity index is 2.03. The van der Waals surface area contributed by atoms with Crippen molar-refractivity contribution >= 4 is 34.5 Å². The highest BCUT2D eigenvalue weighted by atomic mass is 35.5. The third-order valence-corrected chi connectivity index (χ3v) is 5.13. The topological polar surface area (TPSA) is 73.1 Å². The third kappa shape index (κ3) is 2.08. The molecule has 2 heterocycles. The highest BCUT2D eigenvalue weighted by Crippen LogP contribution is 2.47. The van der Waals surface area contributed by atoms with E-state index in [1.54, 1.807) is 29.2 Å². The molecule has 1 aromatic carbocycles. The standard InChI is InChI=1S/C13H13ClN2O3S/c14-9-3-1-8(2-4-9)13(19)10(7-11(17)18)20-12-15-5-6-16(12)13/h1-4,10,19H,5-7H2,(H,17,18). The van der Waals surface area contributed by atoms with Gasteiger partial charge in [0.15, 0.2) is 10.9 Å². The fraction of sp³-hybridized carbons (Fsp3) is 0.385. The number of hydrogen-bond donors (Lipinski definition) is 2. The SMILES string of the molecule is O=C(O)CC1SC2=NCCN2C1(O)c1ccc(Cl)cc1. The highest BCUT2D eigenvalue weighted by molar-refractivity contribution is 8.14. The number of rotatable bonds is 3. The number of carboxylic acids is 1. The Bertz CT molecular complexity index is 577. The fourth-order valence-corrected chi connectivity index (χ4v) is 4.16. The molecule has 7 heteroatoms. The van der Waals surface area contributed by atoms with Crippen molar-refractivity contribution in [2.24, 2.45) is 4.99 Å². The van der Waals surface area contributed by atoms with E-state index in [0.29, 0.717) is 28.8 Å². The molecule has 1 saturated heterocycles. The molecule has 0 aliphatic carbocycles. The summed E-state index contributed by atoms with van der Waals surface area (Å²) >= 11 is 7.21. The average Bonchev–Trinajstić information content (AvgIpc) is 2.94. The smallest absolute Gasteiger partial charge is 0.304 e. The number of fused-ring (bicyclic) bond motifs is 1. The molecule has 2 N–H and O–H groups in total. The van der Waals surface area contributed by atoms with E-state index >= 15 is 0 Å². The number of thioether (sulfide) groups is 1. The lowest BCUT2D eigenvalue weighted by atomic mass is 9.95. The molecule has 2 atom stereocenters. The van der Waals surface area contributed by atoms with Gasteiger partial charge in [0.25, 0.3) is 0 Å². The zero-order valence-electron chi connectivity index (χ0n) is 10.5. The van der Waals surface area contributed by atoms with E-state index in [4.69, 9.17) is 16.7 Å². The number of carboxylic acid groups (broad SMARTS) is 1. The number of aliphatic carboxylic acids is 1. The second-order valence-electron chi connectivity index (χ2n) is 4.75. The Labute approximate surface area is 125 Å². The van der Waals surface area contributed by atoms with Crippen LogP contribution < -0.4 is 0 Å². The minimum absolute atomic E-state index is 0.126. The number of hydrogen-bond acceptors (Lipinski definition) is 5. The maximum atomic E-state index is 11.2. The van der Waals surface area contributed by atoms with Crippen LogP contribution in [0.2, 0.25) is 5.02 Å². The maximum absolute atomic E-state index is 11.2. The van der Waals surface area contributed by atoms with Gasteiger partial charge in [0.2, 0.25) is 0 Å². The lowest BCUT2D eigenvalue weighted by Gasteiger charge is -2.35. The van der Waals surface area contributed by atoms with Crippen LogP contribution >= 0.6 is 23.4 Å². The number of aliphatic imine (C=N–C) groups is 1. The molecule has 106 valence electrons.